The van der Waals surface area contributed by atoms with Crippen LogP contribution in [0.4, 0.5) is 4.79 Å². The van der Waals surface area contributed by atoms with Crippen LogP contribution in [0.3, 0.4) is 0 Å². The first kappa shape index (κ1) is 14.7. The second kappa shape index (κ2) is 7.05. The Bertz CT molecular complexity index is 245. The maximum absolute atomic E-state index is 11.6. The fourth-order valence-corrected chi connectivity index (χ4v) is 1.25. The number of amides is 2. The first-order valence-corrected chi connectivity index (χ1v) is 5.31. The smallest absolute Gasteiger partial charge is 0.328 e. The quantitative estimate of drug-likeness (QED) is 0.613. The number of aliphatic carboxylic acids is 1. The van der Waals surface area contributed by atoms with Gasteiger partial charge in [0.1, 0.15) is 0 Å². The Hall–Kier alpha value is -1.30. The van der Waals surface area contributed by atoms with Gasteiger partial charge < -0.3 is 20.4 Å². The largest absolute Gasteiger partial charge is 0.480 e. The van der Waals surface area contributed by atoms with Crippen LogP contribution in [0.25, 0.3) is 0 Å². The molecule has 6 nitrogen and oxygen atoms in total. The summed E-state index contributed by atoms with van der Waals surface area (Å²) in [4.78, 5) is 23.6. The number of rotatable bonds is 6. The second-order valence-electron chi connectivity index (χ2n) is 3.77. The molecule has 0 fully saturated rings. The molecule has 0 saturated carbocycles. The van der Waals surface area contributed by atoms with Gasteiger partial charge in [0.05, 0.1) is 6.61 Å². The average molecular weight is 232 g/mol. The van der Waals surface area contributed by atoms with E-state index < -0.39 is 24.6 Å². The summed E-state index contributed by atoms with van der Waals surface area (Å²) in [6, 6.07) is -1.69. The minimum Gasteiger partial charge on any atom is -0.480 e. The molecule has 0 rings (SSSR count). The maximum Gasteiger partial charge on any atom is 0.328 e. The molecule has 0 bridgehead atoms. The Kier molecular flexibility index (Phi) is 6.48. The molecule has 2 atom stereocenters. The number of nitrogens with one attached hydrogen (secondary N) is 1. The predicted molar refractivity (Wildman–Crippen MR) is 59.2 cm³/mol. The van der Waals surface area contributed by atoms with Crippen molar-refractivity contribution in [3.63, 3.8) is 0 Å². The van der Waals surface area contributed by atoms with Crippen molar-refractivity contribution in [1.82, 2.24) is 10.2 Å². The maximum atomic E-state index is 11.6. The Labute approximate surface area is 95.2 Å². The van der Waals surface area contributed by atoms with Gasteiger partial charge in [-0.1, -0.05) is 13.3 Å². The minimum atomic E-state index is -1.25. The van der Waals surface area contributed by atoms with E-state index in [-0.39, 0.29) is 6.04 Å². The Morgan fingerprint density at radius 1 is 1.44 bits per heavy atom. The highest BCUT2D eigenvalue weighted by atomic mass is 16.4. The van der Waals surface area contributed by atoms with Crippen molar-refractivity contribution in [3.05, 3.63) is 0 Å². The van der Waals surface area contributed by atoms with Crippen molar-refractivity contribution in [2.45, 2.75) is 38.8 Å². The fraction of sp³-hybridized carbons (Fsp3) is 0.800. The van der Waals surface area contributed by atoms with E-state index in [0.29, 0.717) is 0 Å². The number of hydrogen-bond acceptors (Lipinski definition) is 3. The monoisotopic (exact) mass is 232 g/mol. The van der Waals surface area contributed by atoms with Crippen molar-refractivity contribution in [2.24, 2.45) is 0 Å². The van der Waals surface area contributed by atoms with Crippen LogP contribution in [0.15, 0.2) is 0 Å². The molecule has 0 heterocycles. The van der Waals surface area contributed by atoms with Gasteiger partial charge in [0.2, 0.25) is 0 Å². The molecular weight excluding hydrogens is 212 g/mol. The third-order valence-electron chi connectivity index (χ3n) is 2.47. The molecule has 1 unspecified atom stereocenters. The van der Waals surface area contributed by atoms with Crippen LogP contribution >= 0.6 is 0 Å². The number of aliphatic hydroxyl groups is 1. The molecule has 0 radical (unpaired) electrons. The number of urea groups is 1. The van der Waals surface area contributed by atoms with Crippen LogP contribution in [-0.2, 0) is 4.79 Å². The van der Waals surface area contributed by atoms with Crippen LogP contribution in [0.1, 0.15) is 26.7 Å². The average Bonchev–Trinajstić information content (AvgIpc) is 2.24. The number of carbonyl (C=O) groups is 2. The third kappa shape index (κ3) is 4.48. The van der Waals surface area contributed by atoms with Gasteiger partial charge >= 0.3 is 12.0 Å². The summed E-state index contributed by atoms with van der Waals surface area (Å²) in [6.45, 7) is 3.28. The van der Waals surface area contributed by atoms with Crippen molar-refractivity contribution in [1.29, 1.82) is 0 Å². The number of nitrogens with zero attached hydrogens (tertiary/aromatic N) is 1. The summed E-state index contributed by atoms with van der Waals surface area (Å²) in [5.41, 5.74) is 0. The first-order valence-electron chi connectivity index (χ1n) is 5.31. The van der Waals surface area contributed by atoms with Crippen molar-refractivity contribution >= 4 is 12.0 Å². The van der Waals surface area contributed by atoms with E-state index in [0.717, 1.165) is 12.8 Å². The molecule has 0 aromatic rings. The van der Waals surface area contributed by atoms with E-state index in [2.05, 4.69) is 5.32 Å². The van der Waals surface area contributed by atoms with Crippen molar-refractivity contribution < 1.29 is 19.8 Å². The van der Waals surface area contributed by atoms with Gasteiger partial charge in [-0.15, -0.1) is 0 Å². The lowest BCUT2D eigenvalue weighted by Crippen LogP contribution is -2.50. The minimum absolute atomic E-state index is 0.0399. The molecule has 0 aliphatic rings. The zero-order valence-electron chi connectivity index (χ0n) is 9.93. The summed E-state index contributed by atoms with van der Waals surface area (Å²) >= 11 is 0. The molecule has 94 valence electrons. The summed E-state index contributed by atoms with van der Waals surface area (Å²) in [7, 11) is 1.60. The highest BCUT2D eigenvalue weighted by Gasteiger charge is 2.22. The van der Waals surface area contributed by atoms with E-state index in [4.69, 9.17) is 10.2 Å². The molecule has 16 heavy (non-hydrogen) atoms. The predicted octanol–water partition coefficient (Wildman–Crippen LogP) is 0.262. The lowest BCUT2D eigenvalue weighted by molar-refractivity contribution is -0.140. The Morgan fingerprint density at radius 3 is 2.38 bits per heavy atom. The fourth-order valence-electron chi connectivity index (χ4n) is 1.25. The van der Waals surface area contributed by atoms with Crippen molar-refractivity contribution in [2.75, 3.05) is 13.7 Å². The van der Waals surface area contributed by atoms with Crippen LogP contribution in [-0.4, -0.2) is 52.9 Å². The van der Waals surface area contributed by atoms with Gasteiger partial charge in [-0.25, -0.2) is 9.59 Å². The summed E-state index contributed by atoms with van der Waals surface area (Å²) in [6.07, 6.45) is 1.79. The molecule has 0 aromatic heterocycles. The van der Waals surface area contributed by atoms with Crippen molar-refractivity contribution in [3.8, 4) is 0 Å². The van der Waals surface area contributed by atoms with Crippen LogP contribution in [0, 0.1) is 0 Å². The second-order valence-corrected chi connectivity index (χ2v) is 3.77. The standard InChI is InChI=1S/C10H20N2O4/c1-4-5-7(2)12(3)10(16)11-8(6-13)9(14)15/h7-8,13H,4-6H2,1-3H3,(H,11,16)(H,14,15)/t7?,8-/m0/s1. The number of hydrogen-bond donors (Lipinski definition) is 3. The number of carboxylic acid groups (broad SMARTS) is 1. The van der Waals surface area contributed by atoms with E-state index in [1.807, 2.05) is 13.8 Å². The van der Waals surface area contributed by atoms with Gasteiger partial charge in [0.25, 0.3) is 0 Å². The number of aliphatic hydroxyl groups excluding tert-OH is 1. The van der Waals surface area contributed by atoms with E-state index in [1.54, 1.807) is 7.05 Å². The van der Waals surface area contributed by atoms with Gasteiger partial charge in [0, 0.05) is 13.1 Å². The van der Waals surface area contributed by atoms with Crippen LogP contribution < -0.4 is 5.32 Å². The summed E-state index contributed by atoms with van der Waals surface area (Å²) < 4.78 is 0. The lowest BCUT2D eigenvalue weighted by atomic mass is 10.2. The highest BCUT2D eigenvalue weighted by molar-refractivity contribution is 5.82. The topological polar surface area (TPSA) is 89.9 Å². The Balaban J connectivity index is 4.28. The van der Waals surface area contributed by atoms with E-state index >= 15 is 0 Å². The van der Waals surface area contributed by atoms with Gasteiger partial charge in [0.15, 0.2) is 6.04 Å². The molecule has 0 aliphatic heterocycles. The first-order chi connectivity index (χ1) is 7.43. The molecule has 0 aromatic carbocycles. The zero-order valence-corrected chi connectivity index (χ0v) is 9.93. The molecule has 3 N–H and O–H groups in total. The SMILES string of the molecule is CCCC(C)N(C)C(=O)N[C@@H](CO)C(=O)O. The van der Waals surface area contributed by atoms with E-state index in [1.165, 1.54) is 4.90 Å². The summed E-state index contributed by atoms with van der Waals surface area (Å²) in [5.74, 6) is -1.24. The Morgan fingerprint density at radius 2 is 2.00 bits per heavy atom. The van der Waals surface area contributed by atoms with Gasteiger partial charge in [-0.3, -0.25) is 0 Å². The van der Waals surface area contributed by atoms with Gasteiger partial charge in [-0.05, 0) is 13.3 Å². The molecule has 6 heteroatoms. The summed E-state index contributed by atoms with van der Waals surface area (Å²) in [5, 5.41) is 19.7. The molecule has 0 aliphatic carbocycles. The molecular formula is C10H20N2O4. The van der Waals surface area contributed by atoms with E-state index in [9.17, 15) is 9.59 Å². The zero-order chi connectivity index (χ0) is 12.7. The normalized spacial score (nSPS) is 14.0. The highest BCUT2D eigenvalue weighted by Crippen LogP contribution is 2.04. The molecule has 2 amide bonds. The number of carbonyl (C=O) groups excluding carboxylic acids is 1. The molecule has 0 saturated heterocycles. The third-order valence-corrected chi connectivity index (χ3v) is 2.47. The number of carboxylic acids is 1. The van der Waals surface area contributed by atoms with Crippen LogP contribution in [0.2, 0.25) is 0 Å². The van der Waals surface area contributed by atoms with Crippen LogP contribution in [0.5, 0.6) is 0 Å². The lowest BCUT2D eigenvalue weighted by Gasteiger charge is -2.26. The van der Waals surface area contributed by atoms with Gasteiger partial charge in [-0.2, -0.15) is 0 Å². The molecule has 0 spiro atoms.